The molecule has 0 radical (unpaired) electrons. The van der Waals surface area contributed by atoms with Crippen LogP contribution in [0.5, 0.6) is 0 Å². The molecule has 0 unspecified atom stereocenters. The maximum absolute atomic E-state index is 10.9. The second-order valence-corrected chi connectivity index (χ2v) is 3.83. The molecule has 4 nitrogen and oxygen atoms in total. The fraction of sp³-hybridized carbons (Fsp3) is 0.600. The summed E-state index contributed by atoms with van der Waals surface area (Å²) in [5, 5.41) is 17.9. The lowest BCUT2D eigenvalue weighted by Crippen LogP contribution is -2.39. The topological polar surface area (TPSA) is 74.6 Å². The van der Waals surface area contributed by atoms with Gasteiger partial charge in [-0.05, 0) is 11.8 Å². The van der Waals surface area contributed by atoms with Gasteiger partial charge in [-0.15, -0.1) is 0 Å². The second kappa shape index (κ2) is 3.82. The van der Waals surface area contributed by atoms with Crippen molar-refractivity contribution in [1.29, 1.82) is 0 Å². The zero-order valence-electron chi connectivity index (χ0n) is 8.18. The molecule has 1 aliphatic carbocycles. The van der Waals surface area contributed by atoms with E-state index in [1.165, 1.54) is 0 Å². The number of rotatable bonds is 2. The quantitative estimate of drug-likeness (QED) is 0.654. The Hall–Kier alpha value is -1.32. The zero-order valence-corrected chi connectivity index (χ0v) is 8.18. The lowest BCUT2D eigenvalue weighted by molar-refractivity contribution is -0.157. The van der Waals surface area contributed by atoms with E-state index < -0.39 is 23.8 Å². The highest BCUT2D eigenvalue weighted by molar-refractivity contribution is 5.81. The molecule has 0 amide bonds. The molecule has 0 spiro atoms. The summed E-state index contributed by atoms with van der Waals surface area (Å²) in [7, 11) is 0. The molecule has 0 saturated carbocycles. The summed E-state index contributed by atoms with van der Waals surface area (Å²) in [4.78, 5) is 21.9. The minimum atomic E-state index is -1.03. The number of aliphatic carboxylic acids is 2. The number of allylic oxidation sites excluding steroid dienone is 2. The summed E-state index contributed by atoms with van der Waals surface area (Å²) >= 11 is 0. The van der Waals surface area contributed by atoms with Gasteiger partial charge in [-0.3, -0.25) is 9.59 Å². The van der Waals surface area contributed by atoms with E-state index in [2.05, 4.69) is 0 Å². The first-order valence-corrected chi connectivity index (χ1v) is 4.59. The summed E-state index contributed by atoms with van der Waals surface area (Å²) in [5.41, 5.74) is 0. The smallest absolute Gasteiger partial charge is 0.307 e. The third-order valence-corrected chi connectivity index (χ3v) is 2.81. The van der Waals surface area contributed by atoms with Crippen LogP contribution in [-0.4, -0.2) is 22.2 Å². The Bertz CT molecular complexity index is 254. The molecule has 4 atom stereocenters. The number of carbonyl (C=O) groups is 2. The van der Waals surface area contributed by atoms with Gasteiger partial charge in [0.25, 0.3) is 0 Å². The van der Waals surface area contributed by atoms with E-state index in [-0.39, 0.29) is 11.8 Å². The standard InChI is InChI=1S/C10H14O4/c1-5-3-4-6(2)8(10(13)14)7(5)9(11)12/h3-8H,1-2H3,(H,11,12)(H,13,14)/t5-,6+,7-,8+. The van der Waals surface area contributed by atoms with Crippen LogP contribution < -0.4 is 0 Å². The molecule has 2 N–H and O–H groups in total. The van der Waals surface area contributed by atoms with Gasteiger partial charge in [0.2, 0.25) is 0 Å². The molecule has 0 heterocycles. The predicted molar refractivity (Wildman–Crippen MR) is 49.7 cm³/mol. The van der Waals surface area contributed by atoms with Gasteiger partial charge in [0.05, 0.1) is 11.8 Å². The van der Waals surface area contributed by atoms with E-state index in [1.807, 2.05) is 0 Å². The van der Waals surface area contributed by atoms with Crippen molar-refractivity contribution in [3.05, 3.63) is 12.2 Å². The third-order valence-electron chi connectivity index (χ3n) is 2.81. The van der Waals surface area contributed by atoms with Gasteiger partial charge in [-0.25, -0.2) is 0 Å². The van der Waals surface area contributed by atoms with Crippen LogP contribution in [0.4, 0.5) is 0 Å². The first-order chi connectivity index (χ1) is 6.45. The van der Waals surface area contributed by atoms with Crippen LogP contribution in [-0.2, 0) is 9.59 Å². The maximum atomic E-state index is 10.9. The van der Waals surface area contributed by atoms with Gasteiger partial charge in [0.15, 0.2) is 0 Å². The molecule has 0 aromatic heterocycles. The highest BCUT2D eigenvalue weighted by Crippen LogP contribution is 2.34. The maximum Gasteiger partial charge on any atom is 0.307 e. The van der Waals surface area contributed by atoms with Gasteiger partial charge in [-0.2, -0.15) is 0 Å². The van der Waals surface area contributed by atoms with Crippen molar-refractivity contribution in [3.8, 4) is 0 Å². The van der Waals surface area contributed by atoms with E-state index in [4.69, 9.17) is 10.2 Å². The van der Waals surface area contributed by atoms with Crippen molar-refractivity contribution in [2.45, 2.75) is 13.8 Å². The van der Waals surface area contributed by atoms with Crippen LogP contribution >= 0.6 is 0 Å². The number of carboxylic acid groups (broad SMARTS) is 2. The Balaban J connectivity index is 3.02. The Labute approximate surface area is 82.2 Å². The predicted octanol–water partition coefficient (Wildman–Crippen LogP) is 1.23. The highest BCUT2D eigenvalue weighted by atomic mass is 16.4. The van der Waals surface area contributed by atoms with Crippen LogP contribution in [0.3, 0.4) is 0 Å². The summed E-state index contributed by atoms with van der Waals surface area (Å²) in [6, 6.07) is 0. The number of hydrogen-bond donors (Lipinski definition) is 2. The van der Waals surface area contributed by atoms with Crippen LogP contribution in [0.2, 0.25) is 0 Å². The van der Waals surface area contributed by atoms with Crippen molar-refractivity contribution in [1.82, 2.24) is 0 Å². The Kier molecular flexibility index (Phi) is 2.93. The van der Waals surface area contributed by atoms with E-state index in [1.54, 1.807) is 26.0 Å². The number of carboxylic acids is 2. The second-order valence-electron chi connectivity index (χ2n) is 3.83. The largest absolute Gasteiger partial charge is 0.481 e. The van der Waals surface area contributed by atoms with Crippen molar-refractivity contribution in [3.63, 3.8) is 0 Å². The third kappa shape index (κ3) is 1.78. The average Bonchev–Trinajstić information content (AvgIpc) is 2.07. The molecule has 0 aromatic rings. The molecular formula is C10H14O4. The first-order valence-electron chi connectivity index (χ1n) is 4.59. The van der Waals surface area contributed by atoms with E-state index in [0.29, 0.717) is 0 Å². The summed E-state index contributed by atoms with van der Waals surface area (Å²) in [6.45, 7) is 3.47. The monoisotopic (exact) mass is 198 g/mol. The van der Waals surface area contributed by atoms with Gasteiger partial charge in [0.1, 0.15) is 0 Å². The minimum absolute atomic E-state index is 0.218. The fourth-order valence-electron chi connectivity index (χ4n) is 2.00. The van der Waals surface area contributed by atoms with Crippen LogP contribution in [0.15, 0.2) is 12.2 Å². The van der Waals surface area contributed by atoms with Gasteiger partial charge < -0.3 is 10.2 Å². The highest BCUT2D eigenvalue weighted by Gasteiger charge is 2.41. The molecule has 78 valence electrons. The van der Waals surface area contributed by atoms with Crippen LogP contribution in [0.1, 0.15) is 13.8 Å². The Morgan fingerprint density at radius 2 is 1.21 bits per heavy atom. The molecule has 1 aliphatic rings. The summed E-state index contributed by atoms with van der Waals surface area (Å²) in [6.07, 6.45) is 3.56. The summed E-state index contributed by atoms with van der Waals surface area (Å²) < 4.78 is 0. The van der Waals surface area contributed by atoms with Gasteiger partial charge in [0, 0.05) is 0 Å². The first kappa shape index (κ1) is 10.8. The lowest BCUT2D eigenvalue weighted by Gasteiger charge is -2.31. The average molecular weight is 198 g/mol. The molecule has 0 fully saturated rings. The molecule has 0 saturated heterocycles. The number of hydrogen-bond acceptors (Lipinski definition) is 2. The van der Waals surface area contributed by atoms with Crippen LogP contribution in [0, 0.1) is 23.7 Å². The van der Waals surface area contributed by atoms with Crippen molar-refractivity contribution in [2.24, 2.45) is 23.7 Å². The minimum Gasteiger partial charge on any atom is -0.481 e. The lowest BCUT2D eigenvalue weighted by atomic mass is 9.72. The van der Waals surface area contributed by atoms with E-state index >= 15 is 0 Å². The fourth-order valence-corrected chi connectivity index (χ4v) is 2.00. The molecule has 0 aliphatic heterocycles. The molecule has 14 heavy (non-hydrogen) atoms. The van der Waals surface area contributed by atoms with E-state index in [0.717, 1.165) is 0 Å². The molecule has 0 bridgehead atoms. The molecular weight excluding hydrogens is 184 g/mol. The SMILES string of the molecule is C[C@@H]1C=C[C@H](C)[C@H](C(=O)O)[C@@H]1C(=O)O. The Morgan fingerprint density at radius 3 is 1.43 bits per heavy atom. The van der Waals surface area contributed by atoms with Crippen molar-refractivity contribution < 1.29 is 19.8 Å². The molecule has 0 aromatic carbocycles. The van der Waals surface area contributed by atoms with E-state index in [9.17, 15) is 9.59 Å². The summed E-state index contributed by atoms with van der Waals surface area (Å²) in [5.74, 6) is -4.11. The van der Waals surface area contributed by atoms with Crippen molar-refractivity contribution in [2.75, 3.05) is 0 Å². The zero-order chi connectivity index (χ0) is 10.9. The van der Waals surface area contributed by atoms with Gasteiger partial charge in [-0.1, -0.05) is 26.0 Å². The molecule has 1 rings (SSSR count). The Morgan fingerprint density at radius 1 is 0.929 bits per heavy atom. The van der Waals surface area contributed by atoms with Crippen LogP contribution in [0.25, 0.3) is 0 Å². The van der Waals surface area contributed by atoms with Gasteiger partial charge >= 0.3 is 11.9 Å². The van der Waals surface area contributed by atoms with Crippen molar-refractivity contribution >= 4 is 11.9 Å². The normalized spacial score (nSPS) is 36.7. The molecule has 4 heteroatoms.